The number of hydrogen-bond donors (Lipinski definition) is 1. The van der Waals surface area contributed by atoms with Crippen LogP contribution in [0, 0.1) is 11.3 Å². The fourth-order valence-electron chi connectivity index (χ4n) is 2.90. The molecular formula is C21H43N3O3. The van der Waals surface area contributed by atoms with Gasteiger partial charge >= 0.3 is 0 Å². The Hall–Kier alpha value is -0.690. The molecule has 0 aliphatic carbocycles. The molecule has 0 radical (unpaired) electrons. The summed E-state index contributed by atoms with van der Waals surface area (Å²) < 4.78 is 11.3. The molecule has 1 aliphatic heterocycles. The van der Waals surface area contributed by atoms with Crippen LogP contribution < -0.4 is 5.32 Å². The van der Waals surface area contributed by atoms with Crippen molar-refractivity contribution >= 4 is 5.91 Å². The van der Waals surface area contributed by atoms with Gasteiger partial charge in [-0.15, -0.1) is 0 Å². The molecule has 1 heterocycles. The van der Waals surface area contributed by atoms with E-state index in [0.29, 0.717) is 13.2 Å². The van der Waals surface area contributed by atoms with Gasteiger partial charge < -0.3 is 14.8 Å². The largest absolute Gasteiger partial charge is 0.380 e. The Labute approximate surface area is 166 Å². The van der Waals surface area contributed by atoms with Gasteiger partial charge in [0.25, 0.3) is 0 Å². The average Bonchev–Trinajstić information content (AvgIpc) is 2.60. The number of rotatable bonds is 13. The van der Waals surface area contributed by atoms with Crippen molar-refractivity contribution in [3.8, 4) is 0 Å². The van der Waals surface area contributed by atoms with Crippen molar-refractivity contribution in [2.45, 2.75) is 47.5 Å². The summed E-state index contributed by atoms with van der Waals surface area (Å²) in [5, 5.41) is 2.91. The van der Waals surface area contributed by atoms with Crippen molar-refractivity contribution in [2.75, 3.05) is 72.2 Å². The van der Waals surface area contributed by atoms with Crippen molar-refractivity contribution in [1.29, 1.82) is 0 Å². The van der Waals surface area contributed by atoms with Gasteiger partial charge in [-0.25, -0.2) is 0 Å². The molecule has 0 aromatic carbocycles. The quantitative estimate of drug-likeness (QED) is 0.493. The predicted octanol–water partition coefficient (Wildman–Crippen LogP) is 2.24. The standard InChI is InChI=1S/C21H43N3O3/c1-19(2)7-6-14-26-15-12-23-8-10-24(11-9-23)13-16-27-17-20(25)22-18-21(3,4)5/h19H,6-18H2,1-5H3,(H,22,25). The molecule has 0 bridgehead atoms. The molecule has 1 fully saturated rings. The number of amides is 1. The second kappa shape index (κ2) is 13.5. The second-order valence-electron chi connectivity index (χ2n) is 9.22. The van der Waals surface area contributed by atoms with E-state index in [2.05, 4.69) is 49.7 Å². The van der Waals surface area contributed by atoms with Gasteiger partial charge in [-0.3, -0.25) is 14.6 Å². The highest BCUT2D eigenvalue weighted by Crippen LogP contribution is 2.10. The molecule has 1 aliphatic rings. The Morgan fingerprint density at radius 1 is 0.963 bits per heavy atom. The van der Waals surface area contributed by atoms with E-state index in [1.165, 1.54) is 12.8 Å². The van der Waals surface area contributed by atoms with Gasteiger partial charge in [-0.05, 0) is 24.2 Å². The normalized spacial score (nSPS) is 16.8. The van der Waals surface area contributed by atoms with Gasteiger partial charge in [0.1, 0.15) is 6.61 Å². The topological polar surface area (TPSA) is 54.0 Å². The predicted molar refractivity (Wildman–Crippen MR) is 111 cm³/mol. The molecule has 160 valence electrons. The lowest BCUT2D eigenvalue weighted by Gasteiger charge is -2.34. The average molecular weight is 386 g/mol. The van der Waals surface area contributed by atoms with Crippen molar-refractivity contribution in [3.05, 3.63) is 0 Å². The van der Waals surface area contributed by atoms with Crippen molar-refractivity contribution in [2.24, 2.45) is 11.3 Å². The number of hydrogen-bond acceptors (Lipinski definition) is 5. The minimum Gasteiger partial charge on any atom is -0.380 e. The van der Waals surface area contributed by atoms with Gasteiger partial charge in [0.15, 0.2) is 0 Å². The molecule has 0 aromatic heterocycles. The number of piperazine rings is 1. The van der Waals surface area contributed by atoms with E-state index in [1.54, 1.807) is 0 Å². The number of carbonyl (C=O) groups excluding carboxylic acids is 1. The molecule has 0 aromatic rings. The van der Waals surface area contributed by atoms with Crippen LogP contribution >= 0.6 is 0 Å². The summed E-state index contributed by atoms with van der Waals surface area (Å²) in [6.07, 6.45) is 2.42. The molecule has 0 saturated carbocycles. The molecular weight excluding hydrogens is 342 g/mol. The number of ether oxygens (including phenoxy) is 2. The molecule has 27 heavy (non-hydrogen) atoms. The van der Waals surface area contributed by atoms with Crippen molar-refractivity contribution < 1.29 is 14.3 Å². The summed E-state index contributed by atoms with van der Waals surface area (Å²) in [5.41, 5.74) is 0.106. The molecule has 0 atom stereocenters. The summed E-state index contributed by atoms with van der Waals surface area (Å²) in [6, 6.07) is 0. The number of nitrogens with one attached hydrogen (secondary N) is 1. The summed E-state index contributed by atoms with van der Waals surface area (Å²) >= 11 is 0. The molecule has 1 saturated heterocycles. The Kier molecular flexibility index (Phi) is 12.2. The zero-order chi connectivity index (χ0) is 20.1. The zero-order valence-corrected chi connectivity index (χ0v) is 18.4. The monoisotopic (exact) mass is 385 g/mol. The fraction of sp³-hybridized carbons (Fsp3) is 0.952. The van der Waals surface area contributed by atoms with Crippen LogP contribution in [0.4, 0.5) is 0 Å². The van der Waals surface area contributed by atoms with E-state index < -0.39 is 0 Å². The first-order valence-electron chi connectivity index (χ1n) is 10.6. The summed E-state index contributed by atoms with van der Waals surface area (Å²) in [5.74, 6) is 0.742. The Morgan fingerprint density at radius 3 is 2.04 bits per heavy atom. The Balaban J connectivity index is 1.96. The fourth-order valence-corrected chi connectivity index (χ4v) is 2.90. The van der Waals surface area contributed by atoms with Crippen LogP contribution in [0.3, 0.4) is 0 Å². The molecule has 1 rings (SSSR count). The first-order valence-corrected chi connectivity index (χ1v) is 10.6. The van der Waals surface area contributed by atoms with Crippen LogP contribution in [0.2, 0.25) is 0 Å². The first-order chi connectivity index (χ1) is 12.8. The van der Waals surface area contributed by atoms with E-state index in [9.17, 15) is 4.79 Å². The zero-order valence-electron chi connectivity index (χ0n) is 18.4. The summed E-state index contributed by atoms with van der Waals surface area (Å²) in [7, 11) is 0. The maximum absolute atomic E-state index is 11.7. The molecule has 0 unspecified atom stereocenters. The van der Waals surface area contributed by atoms with Crippen LogP contribution in [0.25, 0.3) is 0 Å². The molecule has 1 N–H and O–H groups in total. The first kappa shape index (κ1) is 24.3. The second-order valence-corrected chi connectivity index (χ2v) is 9.22. The third-order valence-electron chi connectivity index (χ3n) is 4.69. The minimum absolute atomic E-state index is 0.0249. The van der Waals surface area contributed by atoms with Crippen LogP contribution in [0.5, 0.6) is 0 Å². The highest BCUT2D eigenvalue weighted by Gasteiger charge is 2.16. The Morgan fingerprint density at radius 2 is 1.52 bits per heavy atom. The van der Waals surface area contributed by atoms with E-state index in [0.717, 1.165) is 58.4 Å². The van der Waals surface area contributed by atoms with Crippen LogP contribution in [0.1, 0.15) is 47.5 Å². The third-order valence-corrected chi connectivity index (χ3v) is 4.69. The lowest BCUT2D eigenvalue weighted by atomic mass is 9.97. The van der Waals surface area contributed by atoms with Crippen LogP contribution in [-0.4, -0.2) is 87.9 Å². The summed E-state index contributed by atoms with van der Waals surface area (Å²) in [6.45, 7) is 20.2. The number of carbonyl (C=O) groups is 1. The minimum atomic E-state index is -0.0249. The molecule has 6 heteroatoms. The maximum Gasteiger partial charge on any atom is 0.246 e. The van der Waals surface area contributed by atoms with E-state index in [-0.39, 0.29) is 17.9 Å². The SMILES string of the molecule is CC(C)CCCOCCN1CCN(CCOCC(=O)NCC(C)(C)C)CC1. The third kappa shape index (κ3) is 14.0. The maximum atomic E-state index is 11.7. The van der Waals surface area contributed by atoms with Crippen molar-refractivity contribution in [1.82, 2.24) is 15.1 Å². The smallest absolute Gasteiger partial charge is 0.246 e. The molecule has 0 spiro atoms. The van der Waals surface area contributed by atoms with E-state index in [4.69, 9.17) is 9.47 Å². The lowest BCUT2D eigenvalue weighted by Crippen LogP contribution is -2.48. The van der Waals surface area contributed by atoms with Gasteiger partial charge in [-0.1, -0.05) is 34.6 Å². The van der Waals surface area contributed by atoms with E-state index in [1.807, 2.05) is 0 Å². The summed E-state index contributed by atoms with van der Waals surface area (Å²) in [4.78, 5) is 16.6. The highest BCUT2D eigenvalue weighted by molar-refractivity contribution is 5.77. The van der Waals surface area contributed by atoms with Gasteiger partial charge in [0.05, 0.1) is 13.2 Å². The van der Waals surface area contributed by atoms with Crippen molar-refractivity contribution in [3.63, 3.8) is 0 Å². The molecule has 1 amide bonds. The van der Waals surface area contributed by atoms with Crippen LogP contribution in [0.15, 0.2) is 0 Å². The number of nitrogens with zero attached hydrogens (tertiary/aromatic N) is 2. The lowest BCUT2D eigenvalue weighted by molar-refractivity contribution is -0.126. The van der Waals surface area contributed by atoms with Crippen LogP contribution in [-0.2, 0) is 14.3 Å². The highest BCUT2D eigenvalue weighted by atomic mass is 16.5. The van der Waals surface area contributed by atoms with Gasteiger partial charge in [-0.2, -0.15) is 0 Å². The molecule has 6 nitrogen and oxygen atoms in total. The van der Waals surface area contributed by atoms with E-state index >= 15 is 0 Å². The van der Waals surface area contributed by atoms with Gasteiger partial charge in [0, 0.05) is 52.4 Å². The van der Waals surface area contributed by atoms with Gasteiger partial charge in [0.2, 0.25) is 5.91 Å². The Bertz CT molecular complexity index is 389.